The van der Waals surface area contributed by atoms with Crippen molar-refractivity contribution in [3.8, 4) is 0 Å². The highest BCUT2D eigenvalue weighted by Crippen LogP contribution is 2.61. The van der Waals surface area contributed by atoms with E-state index in [1.807, 2.05) is 0 Å². The van der Waals surface area contributed by atoms with Crippen LogP contribution in [-0.2, 0) is 41.1 Å². The van der Waals surface area contributed by atoms with Crippen LogP contribution < -0.4 is 0 Å². The summed E-state index contributed by atoms with van der Waals surface area (Å²) in [5.41, 5.74) is 0.736. The molecule has 10 atom stereocenters. The van der Waals surface area contributed by atoms with Crippen LogP contribution in [0.3, 0.4) is 0 Å². The lowest BCUT2D eigenvalue weighted by molar-refractivity contribution is -0.132. The first-order valence-electron chi connectivity index (χ1n) is 11.6. The molecule has 2 aliphatic rings. The highest BCUT2D eigenvalue weighted by molar-refractivity contribution is 7.61. The van der Waals surface area contributed by atoms with Gasteiger partial charge in [0.05, 0.1) is 19.5 Å². The second-order valence-corrected chi connectivity index (χ2v) is 13.2. The van der Waals surface area contributed by atoms with Gasteiger partial charge in [-0.15, -0.1) is 0 Å². The number of ether oxygens (including phenoxy) is 2. The predicted octanol–water partition coefficient (Wildman–Crippen LogP) is -2.50. The Bertz CT molecular complexity index is 1580. The van der Waals surface area contributed by atoms with Crippen molar-refractivity contribution < 1.29 is 81.1 Å². The van der Waals surface area contributed by atoms with E-state index in [1.54, 1.807) is 10.6 Å². The standard InChI is InChI=1S/C17H24N5O17P3/c23-10-7(37-17(26)12(10)25)3-34-41(30,31)39-42(32,33)35-4-8-11(24)13(38-40(27,28)29)16(36-8)22-6-19-9-14-18-1-2-21(14)5-20-15(9)22/h1-2,5-8,10-13,16-17,23-26H,3-4H2,(H,30,31)(H,32,33)(H2,27,28,29)/t7-,8+,10-,11+,12+,13-,16-,17+/m1/s1. The number of aliphatic hydroxyl groups is 4. The summed E-state index contributed by atoms with van der Waals surface area (Å²) in [6.07, 6.45) is -8.04. The lowest BCUT2D eigenvalue weighted by atomic mass is 10.1. The summed E-state index contributed by atoms with van der Waals surface area (Å²) >= 11 is 0. The van der Waals surface area contributed by atoms with Crippen molar-refractivity contribution in [2.45, 2.75) is 49.1 Å². The van der Waals surface area contributed by atoms with Gasteiger partial charge >= 0.3 is 23.5 Å². The van der Waals surface area contributed by atoms with Gasteiger partial charge in [-0.1, -0.05) is 0 Å². The second kappa shape index (κ2) is 11.6. The molecule has 5 heterocycles. The van der Waals surface area contributed by atoms with E-state index in [0.29, 0.717) is 5.65 Å². The Kier molecular flexibility index (Phi) is 8.75. The van der Waals surface area contributed by atoms with Crippen LogP contribution in [-0.4, -0.2) is 120 Å². The molecule has 5 rings (SSSR count). The highest BCUT2D eigenvalue weighted by atomic mass is 31.3. The lowest BCUT2D eigenvalue weighted by Crippen LogP contribution is -2.35. The molecule has 0 unspecified atom stereocenters. The highest BCUT2D eigenvalue weighted by Gasteiger charge is 2.50. The summed E-state index contributed by atoms with van der Waals surface area (Å²) in [6, 6.07) is 0. The number of rotatable bonds is 11. The smallest absolute Gasteiger partial charge is 0.387 e. The summed E-state index contributed by atoms with van der Waals surface area (Å²) in [5.74, 6) is 0. The van der Waals surface area contributed by atoms with Crippen molar-refractivity contribution in [2.75, 3.05) is 13.2 Å². The van der Waals surface area contributed by atoms with E-state index in [4.69, 9.17) is 14.0 Å². The average Bonchev–Trinajstić information content (AvgIpc) is 3.64. The zero-order valence-corrected chi connectivity index (χ0v) is 23.4. The molecule has 0 radical (unpaired) electrons. The zero-order chi connectivity index (χ0) is 30.6. The van der Waals surface area contributed by atoms with Crippen molar-refractivity contribution in [3.05, 3.63) is 25.0 Å². The third-order valence-electron chi connectivity index (χ3n) is 6.15. The number of phosphoric ester groups is 3. The average molecular weight is 663 g/mol. The molecule has 42 heavy (non-hydrogen) atoms. The summed E-state index contributed by atoms with van der Waals surface area (Å²) in [4.78, 5) is 51.1. The van der Waals surface area contributed by atoms with E-state index in [-0.39, 0.29) is 11.2 Å². The number of imidazole rings is 2. The topological polar surface area (TPSA) is 316 Å². The summed E-state index contributed by atoms with van der Waals surface area (Å²) in [6.45, 7) is -2.01. The van der Waals surface area contributed by atoms with Crippen molar-refractivity contribution in [1.82, 2.24) is 23.9 Å². The van der Waals surface area contributed by atoms with Gasteiger partial charge in [0.25, 0.3) is 0 Å². The number of hydrogen-bond acceptors (Lipinski definition) is 16. The van der Waals surface area contributed by atoms with Crippen molar-refractivity contribution >= 4 is 40.3 Å². The fourth-order valence-electron chi connectivity index (χ4n) is 4.26. The Morgan fingerprint density at radius 3 is 2.05 bits per heavy atom. The number of fused-ring (bicyclic) bond motifs is 3. The maximum Gasteiger partial charge on any atom is 0.481 e. The van der Waals surface area contributed by atoms with Gasteiger partial charge in [0.15, 0.2) is 29.3 Å². The van der Waals surface area contributed by atoms with Crippen LogP contribution in [0, 0.1) is 0 Å². The lowest BCUT2D eigenvalue weighted by Gasteiger charge is -2.22. The van der Waals surface area contributed by atoms with Gasteiger partial charge in [-0.25, -0.2) is 28.6 Å². The molecule has 0 aliphatic carbocycles. The Balaban J connectivity index is 1.27. The van der Waals surface area contributed by atoms with Crippen LogP contribution in [0.5, 0.6) is 0 Å². The zero-order valence-electron chi connectivity index (χ0n) is 20.7. The molecule has 0 spiro atoms. The predicted molar refractivity (Wildman–Crippen MR) is 129 cm³/mol. The van der Waals surface area contributed by atoms with Crippen LogP contribution in [0.25, 0.3) is 16.8 Å². The van der Waals surface area contributed by atoms with Gasteiger partial charge in [0.2, 0.25) is 0 Å². The molecule has 234 valence electrons. The minimum absolute atomic E-state index is 0.109. The molecule has 3 aromatic rings. The van der Waals surface area contributed by atoms with Gasteiger partial charge in [-0.05, 0) is 0 Å². The third kappa shape index (κ3) is 6.65. The summed E-state index contributed by atoms with van der Waals surface area (Å²) in [7, 11) is -16.1. The van der Waals surface area contributed by atoms with Crippen LogP contribution in [0.1, 0.15) is 6.23 Å². The Morgan fingerprint density at radius 1 is 0.810 bits per heavy atom. The molecule has 22 nitrogen and oxygen atoms in total. The maximum absolute atomic E-state index is 12.4. The maximum atomic E-state index is 12.4. The molecule has 2 fully saturated rings. The minimum Gasteiger partial charge on any atom is -0.387 e. The molecule has 2 saturated heterocycles. The Labute approximate surface area is 233 Å². The van der Waals surface area contributed by atoms with Crippen LogP contribution in [0.2, 0.25) is 0 Å². The van der Waals surface area contributed by atoms with Crippen LogP contribution in [0.4, 0.5) is 0 Å². The Hall–Kier alpha value is -1.78. The van der Waals surface area contributed by atoms with Gasteiger partial charge in [-0.3, -0.25) is 22.5 Å². The van der Waals surface area contributed by atoms with Gasteiger partial charge in [0.1, 0.15) is 43.0 Å². The number of phosphoric acid groups is 3. The number of nitrogens with zero attached hydrogens (tertiary/aromatic N) is 5. The van der Waals surface area contributed by atoms with E-state index in [9.17, 15) is 53.7 Å². The second-order valence-electron chi connectivity index (χ2n) is 9.00. The molecule has 3 aromatic heterocycles. The molecule has 0 amide bonds. The summed E-state index contributed by atoms with van der Waals surface area (Å²) < 4.78 is 67.2. The molecule has 0 aromatic carbocycles. The molecular weight excluding hydrogens is 639 g/mol. The minimum atomic E-state index is -5.46. The first-order chi connectivity index (χ1) is 19.6. The van der Waals surface area contributed by atoms with Crippen molar-refractivity contribution in [2.24, 2.45) is 0 Å². The van der Waals surface area contributed by atoms with E-state index < -0.39 is 85.8 Å². The fraction of sp³-hybridized carbons (Fsp3) is 0.588. The normalized spacial score (nSPS) is 33.3. The number of aliphatic hydroxyl groups excluding tert-OH is 4. The van der Waals surface area contributed by atoms with Crippen molar-refractivity contribution in [1.29, 1.82) is 0 Å². The van der Waals surface area contributed by atoms with Gasteiger partial charge < -0.3 is 49.5 Å². The molecule has 0 saturated carbocycles. The van der Waals surface area contributed by atoms with Gasteiger partial charge in [0, 0.05) is 12.4 Å². The Morgan fingerprint density at radius 2 is 1.45 bits per heavy atom. The molecule has 2 aliphatic heterocycles. The van der Waals surface area contributed by atoms with E-state index in [2.05, 4.69) is 28.3 Å². The summed E-state index contributed by atoms with van der Waals surface area (Å²) in [5, 5.41) is 39.2. The van der Waals surface area contributed by atoms with E-state index in [0.717, 1.165) is 0 Å². The number of aromatic nitrogens is 5. The van der Waals surface area contributed by atoms with E-state index in [1.165, 1.54) is 23.4 Å². The fourth-order valence-corrected chi connectivity index (χ4v) is 6.90. The molecule has 25 heteroatoms. The van der Waals surface area contributed by atoms with Crippen LogP contribution >= 0.6 is 23.5 Å². The monoisotopic (exact) mass is 663 g/mol. The quantitative estimate of drug-likeness (QED) is 0.0983. The van der Waals surface area contributed by atoms with Crippen molar-refractivity contribution in [3.63, 3.8) is 0 Å². The number of hydrogen-bond donors (Lipinski definition) is 8. The first kappa shape index (κ1) is 31.6. The SMILES string of the molecule is O=P(O)(O)O[C@@H]1[C@@H](O)[C@H](CO[P@@](=O)(O)O[P@](=O)(O)OC[C@H]2O[C@H](O)[C@@H](O)[C@@H]2O)O[C@H]1n1cnc2c1ncn1ccnc21. The molecular formula is C17H24N5O17P3. The van der Waals surface area contributed by atoms with Gasteiger partial charge in [-0.2, -0.15) is 4.31 Å². The van der Waals surface area contributed by atoms with Crippen LogP contribution in [0.15, 0.2) is 25.0 Å². The van der Waals surface area contributed by atoms with E-state index >= 15 is 0 Å². The third-order valence-corrected chi connectivity index (χ3v) is 9.27. The largest absolute Gasteiger partial charge is 0.481 e. The molecule has 8 N–H and O–H groups in total. The molecule has 0 bridgehead atoms. The first-order valence-corrected chi connectivity index (χ1v) is 16.1.